The maximum absolute atomic E-state index is 10.3. The molecule has 0 atom stereocenters. The minimum atomic E-state index is -0.681. The van der Waals surface area contributed by atoms with E-state index >= 15 is 0 Å². The van der Waals surface area contributed by atoms with Crippen LogP contribution in [0, 0.1) is 11.8 Å². The summed E-state index contributed by atoms with van der Waals surface area (Å²) in [4.78, 5) is 23.6. The van der Waals surface area contributed by atoms with Gasteiger partial charge in [0.05, 0.1) is 5.69 Å². The largest absolute Gasteiger partial charge is 0.359 e. The second-order valence-corrected chi connectivity index (χ2v) is 2.36. The summed E-state index contributed by atoms with van der Waals surface area (Å²) in [5.41, 5.74) is 5.96. The van der Waals surface area contributed by atoms with Crippen LogP contribution in [0.15, 0.2) is 29.3 Å². The van der Waals surface area contributed by atoms with E-state index < -0.39 is 5.91 Å². The van der Waals surface area contributed by atoms with Gasteiger partial charge in [-0.15, -0.1) is 0 Å². The Labute approximate surface area is 80.4 Å². The van der Waals surface area contributed by atoms with Crippen molar-refractivity contribution in [2.24, 2.45) is 10.7 Å². The molecule has 0 bridgehead atoms. The van der Waals surface area contributed by atoms with Crippen molar-refractivity contribution in [3.8, 4) is 11.8 Å². The summed E-state index contributed by atoms with van der Waals surface area (Å²) >= 11 is 0. The van der Waals surface area contributed by atoms with Crippen molar-refractivity contribution < 1.29 is 9.59 Å². The van der Waals surface area contributed by atoms with Crippen molar-refractivity contribution in [2.75, 3.05) is 0 Å². The molecule has 0 aliphatic rings. The molecule has 1 amide bonds. The van der Waals surface area contributed by atoms with Gasteiger partial charge in [0.1, 0.15) is 0 Å². The zero-order valence-corrected chi connectivity index (χ0v) is 7.15. The molecule has 0 unspecified atom stereocenters. The first-order valence-electron chi connectivity index (χ1n) is 3.72. The van der Waals surface area contributed by atoms with Crippen molar-refractivity contribution in [3.05, 3.63) is 29.8 Å². The molecule has 1 aromatic carbocycles. The maximum Gasteiger partial charge on any atom is 0.293 e. The number of hydrogen-bond acceptors (Lipinski definition) is 3. The van der Waals surface area contributed by atoms with E-state index in [1.54, 1.807) is 24.3 Å². The number of nitrogens with two attached hydrogens (primary N) is 1. The molecule has 0 saturated carbocycles. The van der Waals surface area contributed by atoms with Gasteiger partial charge in [-0.1, -0.05) is 5.92 Å². The van der Waals surface area contributed by atoms with Gasteiger partial charge in [-0.25, -0.2) is 4.79 Å². The second kappa shape index (κ2) is 4.61. The second-order valence-electron chi connectivity index (χ2n) is 2.36. The van der Waals surface area contributed by atoms with E-state index in [0.29, 0.717) is 11.3 Å². The number of aliphatic imine (C=N–C) groups is 1. The zero-order chi connectivity index (χ0) is 10.4. The van der Waals surface area contributed by atoms with Gasteiger partial charge in [-0.05, 0) is 30.2 Å². The van der Waals surface area contributed by atoms with Gasteiger partial charge in [0.15, 0.2) is 0 Å². The third-order valence-electron chi connectivity index (χ3n) is 1.37. The number of amides is 1. The summed E-state index contributed by atoms with van der Waals surface area (Å²) in [5.74, 6) is 4.06. The van der Waals surface area contributed by atoms with Gasteiger partial charge in [-0.2, -0.15) is 4.99 Å². The fourth-order valence-electron chi connectivity index (χ4n) is 0.806. The van der Waals surface area contributed by atoms with Gasteiger partial charge in [0.25, 0.3) is 5.91 Å². The highest BCUT2D eigenvalue weighted by Gasteiger charge is 1.89. The van der Waals surface area contributed by atoms with Crippen LogP contribution in [0.2, 0.25) is 0 Å². The summed E-state index contributed by atoms with van der Waals surface area (Å²) in [6.45, 7) is 0. The summed E-state index contributed by atoms with van der Waals surface area (Å²) in [6.07, 6.45) is 1.42. The van der Waals surface area contributed by atoms with Gasteiger partial charge in [0, 0.05) is 5.56 Å². The normalized spacial score (nSPS) is 8.00. The number of rotatable bonds is 1. The molecule has 0 spiro atoms. The molecule has 0 radical (unpaired) electrons. The maximum atomic E-state index is 10.3. The van der Waals surface area contributed by atoms with E-state index in [9.17, 15) is 9.59 Å². The summed E-state index contributed by atoms with van der Waals surface area (Å²) < 4.78 is 0. The molecule has 68 valence electrons. The molecule has 0 saturated heterocycles. The van der Waals surface area contributed by atoms with E-state index in [1.807, 2.05) is 0 Å². The van der Waals surface area contributed by atoms with E-state index in [1.165, 1.54) is 6.08 Å². The average molecular weight is 186 g/mol. The monoisotopic (exact) mass is 186 g/mol. The molecule has 0 aromatic heterocycles. The van der Waals surface area contributed by atoms with Gasteiger partial charge < -0.3 is 5.73 Å². The van der Waals surface area contributed by atoms with Crippen LogP contribution in [0.5, 0.6) is 0 Å². The van der Waals surface area contributed by atoms with Crippen molar-refractivity contribution >= 4 is 17.7 Å². The molecule has 0 aliphatic carbocycles. The number of isocyanates is 1. The Morgan fingerprint density at radius 2 is 1.93 bits per heavy atom. The number of benzene rings is 1. The lowest BCUT2D eigenvalue weighted by atomic mass is 10.2. The molecule has 2 N–H and O–H groups in total. The Morgan fingerprint density at radius 3 is 2.43 bits per heavy atom. The van der Waals surface area contributed by atoms with Gasteiger partial charge in [-0.3, -0.25) is 4.79 Å². The SMILES string of the molecule is NC(=O)C#Cc1ccc(N=C=O)cc1. The highest BCUT2D eigenvalue weighted by Crippen LogP contribution is 2.10. The fourth-order valence-corrected chi connectivity index (χ4v) is 0.806. The predicted octanol–water partition coefficient (Wildman–Crippen LogP) is 0.491. The Hall–Kier alpha value is -2.37. The van der Waals surface area contributed by atoms with Crippen molar-refractivity contribution in [2.45, 2.75) is 0 Å². The van der Waals surface area contributed by atoms with Gasteiger partial charge >= 0.3 is 0 Å². The van der Waals surface area contributed by atoms with Crippen LogP contribution in [0.25, 0.3) is 0 Å². The molecule has 1 aromatic rings. The third-order valence-corrected chi connectivity index (χ3v) is 1.37. The number of primary amides is 1. The Morgan fingerprint density at radius 1 is 1.29 bits per heavy atom. The standard InChI is InChI=1S/C10H6N2O2/c11-10(14)6-3-8-1-4-9(5-2-8)12-7-13/h1-2,4-5H,(H2,11,14). The first-order chi connectivity index (χ1) is 6.72. The van der Waals surface area contributed by atoms with E-state index in [2.05, 4.69) is 16.8 Å². The first kappa shape index (κ1) is 9.72. The molecule has 0 heterocycles. The fraction of sp³-hybridized carbons (Fsp3) is 0. The number of carbonyl (C=O) groups is 1. The van der Waals surface area contributed by atoms with Crippen LogP contribution in [-0.2, 0) is 9.59 Å². The number of hydrogen-bond donors (Lipinski definition) is 1. The third kappa shape index (κ3) is 2.94. The van der Waals surface area contributed by atoms with Crippen LogP contribution in [-0.4, -0.2) is 12.0 Å². The number of nitrogens with zero attached hydrogens (tertiary/aromatic N) is 1. The zero-order valence-electron chi connectivity index (χ0n) is 7.15. The lowest BCUT2D eigenvalue weighted by molar-refractivity contribution is -0.112. The van der Waals surface area contributed by atoms with Crippen LogP contribution < -0.4 is 5.73 Å². The molecule has 1 rings (SSSR count). The molecule has 4 nitrogen and oxygen atoms in total. The molecular weight excluding hydrogens is 180 g/mol. The predicted molar refractivity (Wildman–Crippen MR) is 50.3 cm³/mol. The van der Waals surface area contributed by atoms with E-state index in [4.69, 9.17) is 5.73 Å². The Kier molecular flexibility index (Phi) is 3.20. The van der Waals surface area contributed by atoms with Crippen LogP contribution in [0.1, 0.15) is 5.56 Å². The van der Waals surface area contributed by atoms with Crippen LogP contribution in [0.4, 0.5) is 5.69 Å². The first-order valence-corrected chi connectivity index (χ1v) is 3.72. The minimum absolute atomic E-state index is 0.490. The topological polar surface area (TPSA) is 72.5 Å². The van der Waals surface area contributed by atoms with Crippen LogP contribution >= 0.6 is 0 Å². The lowest BCUT2D eigenvalue weighted by Crippen LogP contribution is -2.06. The number of carbonyl (C=O) groups excluding carboxylic acids is 2. The lowest BCUT2D eigenvalue weighted by Gasteiger charge is -1.90. The minimum Gasteiger partial charge on any atom is -0.359 e. The molecule has 0 aliphatic heterocycles. The quantitative estimate of drug-likeness (QED) is 0.394. The van der Waals surface area contributed by atoms with Crippen molar-refractivity contribution in [1.82, 2.24) is 0 Å². The van der Waals surface area contributed by atoms with Crippen molar-refractivity contribution in [1.29, 1.82) is 0 Å². The summed E-state index contributed by atoms with van der Waals surface area (Å²) in [7, 11) is 0. The summed E-state index contributed by atoms with van der Waals surface area (Å²) in [5, 5.41) is 0. The van der Waals surface area contributed by atoms with Crippen molar-refractivity contribution in [3.63, 3.8) is 0 Å². The highest BCUT2D eigenvalue weighted by molar-refractivity contribution is 5.92. The molecule has 0 fully saturated rings. The highest BCUT2D eigenvalue weighted by atomic mass is 16.1. The Balaban J connectivity index is 2.90. The molecule has 14 heavy (non-hydrogen) atoms. The smallest absolute Gasteiger partial charge is 0.293 e. The van der Waals surface area contributed by atoms with Crippen LogP contribution in [0.3, 0.4) is 0 Å². The van der Waals surface area contributed by atoms with E-state index in [0.717, 1.165) is 0 Å². The average Bonchev–Trinajstić information content (AvgIpc) is 2.17. The van der Waals surface area contributed by atoms with E-state index in [-0.39, 0.29) is 0 Å². The molecular formula is C10H6N2O2. The molecule has 4 heteroatoms. The Bertz CT molecular complexity index is 445. The van der Waals surface area contributed by atoms with Gasteiger partial charge in [0.2, 0.25) is 6.08 Å². The summed E-state index contributed by atoms with van der Waals surface area (Å²) in [6, 6.07) is 6.45.